The SMILES string of the molecule is N#CCCNC(=O)CSc1nc(N)cc(=O)[nH]1. The van der Waals surface area contributed by atoms with Gasteiger partial charge >= 0.3 is 0 Å². The van der Waals surface area contributed by atoms with Crippen molar-refractivity contribution >= 4 is 23.5 Å². The van der Waals surface area contributed by atoms with E-state index in [1.807, 2.05) is 6.07 Å². The van der Waals surface area contributed by atoms with Gasteiger partial charge < -0.3 is 16.0 Å². The average molecular weight is 253 g/mol. The summed E-state index contributed by atoms with van der Waals surface area (Å²) in [6.45, 7) is 0.316. The maximum Gasteiger partial charge on any atom is 0.253 e. The van der Waals surface area contributed by atoms with Crippen molar-refractivity contribution in [2.45, 2.75) is 11.6 Å². The Balaban J connectivity index is 2.42. The summed E-state index contributed by atoms with van der Waals surface area (Å²) in [7, 11) is 0. The number of hydrogen-bond donors (Lipinski definition) is 3. The van der Waals surface area contributed by atoms with Crippen LogP contribution in [0, 0.1) is 11.3 Å². The number of carbonyl (C=O) groups excluding carboxylic acids is 1. The van der Waals surface area contributed by atoms with Gasteiger partial charge in [0.05, 0.1) is 18.2 Å². The minimum atomic E-state index is -0.357. The predicted octanol–water partition coefficient (Wildman–Crippen LogP) is -0.526. The van der Waals surface area contributed by atoms with Gasteiger partial charge in [0.2, 0.25) is 5.91 Å². The standard InChI is InChI=1S/C9H11N5O2S/c10-2-1-3-12-8(16)5-17-9-13-6(11)4-7(15)14-9/h4H,1,3,5H2,(H,12,16)(H3,11,13,14,15). The molecule has 0 spiro atoms. The lowest BCUT2D eigenvalue weighted by atomic mass is 10.4. The molecule has 0 aliphatic carbocycles. The summed E-state index contributed by atoms with van der Waals surface area (Å²) in [6.07, 6.45) is 0.268. The third-order valence-electron chi connectivity index (χ3n) is 1.64. The number of nitrogens with zero attached hydrogens (tertiary/aromatic N) is 2. The fraction of sp³-hybridized carbons (Fsp3) is 0.333. The average Bonchev–Trinajstić information content (AvgIpc) is 2.25. The zero-order chi connectivity index (χ0) is 12.7. The Kier molecular flexibility index (Phi) is 5.03. The molecule has 0 fully saturated rings. The van der Waals surface area contributed by atoms with E-state index in [-0.39, 0.29) is 29.5 Å². The highest BCUT2D eigenvalue weighted by Gasteiger charge is 2.04. The first-order valence-electron chi connectivity index (χ1n) is 4.75. The predicted molar refractivity (Wildman–Crippen MR) is 63.2 cm³/mol. The number of nitrogens with one attached hydrogen (secondary N) is 2. The van der Waals surface area contributed by atoms with E-state index in [4.69, 9.17) is 11.0 Å². The lowest BCUT2D eigenvalue weighted by Gasteiger charge is -2.02. The van der Waals surface area contributed by atoms with Crippen molar-refractivity contribution in [2.24, 2.45) is 0 Å². The van der Waals surface area contributed by atoms with Crippen molar-refractivity contribution in [2.75, 3.05) is 18.0 Å². The van der Waals surface area contributed by atoms with Crippen molar-refractivity contribution in [3.05, 3.63) is 16.4 Å². The maximum atomic E-state index is 11.3. The fourth-order valence-electron chi connectivity index (χ4n) is 0.964. The van der Waals surface area contributed by atoms with Gasteiger partial charge in [0, 0.05) is 12.6 Å². The molecule has 0 saturated heterocycles. The number of carbonyl (C=O) groups is 1. The third kappa shape index (κ3) is 5.03. The van der Waals surface area contributed by atoms with Gasteiger partial charge in [0.15, 0.2) is 5.16 Å². The monoisotopic (exact) mass is 253 g/mol. The molecule has 8 heteroatoms. The van der Waals surface area contributed by atoms with E-state index in [1.165, 1.54) is 0 Å². The van der Waals surface area contributed by atoms with Crippen LogP contribution in [0.5, 0.6) is 0 Å². The Morgan fingerprint density at radius 2 is 2.47 bits per heavy atom. The zero-order valence-corrected chi connectivity index (χ0v) is 9.71. The van der Waals surface area contributed by atoms with Crippen LogP contribution in [-0.2, 0) is 4.79 Å². The summed E-state index contributed by atoms with van der Waals surface area (Å²) >= 11 is 1.07. The van der Waals surface area contributed by atoms with Crippen LogP contribution in [0.3, 0.4) is 0 Å². The molecular weight excluding hydrogens is 242 g/mol. The smallest absolute Gasteiger partial charge is 0.253 e. The molecule has 0 aromatic carbocycles. The van der Waals surface area contributed by atoms with Gasteiger partial charge in [-0.25, -0.2) is 4.98 Å². The summed E-state index contributed by atoms with van der Waals surface area (Å²) < 4.78 is 0. The number of nitrogens with two attached hydrogens (primary N) is 1. The molecule has 0 atom stereocenters. The Bertz CT molecular complexity index is 493. The summed E-state index contributed by atoms with van der Waals surface area (Å²) in [5.41, 5.74) is 5.03. The molecule has 1 aromatic heterocycles. The van der Waals surface area contributed by atoms with Gasteiger partial charge in [0.1, 0.15) is 5.82 Å². The number of rotatable bonds is 5. The van der Waals surface area contributed by atoms with E-state index < -0.39 is 0 Å². The molecule has 1 heterocycles. The van der Waals surface area contributed by atoms with Crippen LogP contribution in [0.2, 0.25) is 0 Å². The van der Waals surface area contributed by atoms with Crippen molar-refractivity contribution in [1.29, 1.82) is 5.26 Å². The van der Waals surface area contributed by atoms with Crippen LogP contribution >= 0.6 is 11.8 Å². The summed E-state index contributed by atoms with van der Waals surface area (Å²) in [4.78, 5) is 28.6. The number of thioether (sulfide) groups is 1. The van der Waals surface area contributed by atoms with Crippen LogP contribution < -0.4 is 16.6 Å². The molecule has 0 aliphatic heterocycles. The summed E-state index contributed by atoms with van der Waals surface area (Å²) in [5.74, 6) is -0.00544. The van der Waals surface area contributed by atoms with E-state index in [9.17, 15) is 9.59 Å². The molecule has 1 aromatic rings. The van der Waals surface area contributed by atoms with Crippen molar-refractivity contribution in [1.82, 2.24) is 15.3 Å². The van der Waals surface area contributed by atoms with Gasteiger partial charge in [-0.05, 0) is 0 Å². The number of nitrogen functional groups attached to an aromatic ring is 1. The Labute approximate surface area is 101 Å². The van der Waals surface area contributed by atoms with Gasteiger partial charge in [-0.15, -0.1) is 0 Å². The van der Waals surface area contributed by atoms with Crippen molar-refractivity contribution in [3.63, 3.8) is 0 Å². The molecule has 7 nitrogen and oxygen atoms in total. The lowest BCUT2D eigenvalue weighted by molar-refractivity contribution is -0.118. The highest BCUT2D eigenvalue weighted by Crippen LogP contribution is 2.10. The summed E-state index contributed by atoms with van der Waals surface area (Å²) in [5, 5.41) is 11.1. The number of amides is 1. The molecule has 1 rings (SSSR count). The first-order valence-corrected chi connectivity index (χ1v) is 5.73. The molecular formula is C9H11N5O2S. The molecule has 0 radical (unpaired) electrons. The minimum absolute atomic E-state index is 0.109. The Hall–Kier alpha value is -2.01. The molecule has 4 N–H and O–H groups in total. The lowest BCUT2D eigenvalue weighted by Crippen LogP contribution is -2.26. The molecule has 17 heavy (non-hydrogen) atoms. The van der Waals surface area contributed by atoms with E-state index in [0.29, 0.717) is 11.7 Å². The molecule has 1 amide bonds. The molecule has 0 unspecified atom stereocenters. The van der Waals surface area contributed by atoms with Gasteiger partial charge in [0.25, 0.3) is 5.56 Å². The van der Waals surface area contributed by atoms with Gasteiger partial charge in [-0.3, -0.25) is 9.59 Å². The quantitative estimate of drug-likeness (QED) is 0.368. The molecule has 0 aliphatic rings. The number of hydrogen-bond acceptors (Lipinski definition) is 6. The van der Waals surface area contributed by atoms with Crippen LogP contribution in [0.15, 0.2) is 16.0 Å². The van der Waals surface area contributed by atoms with Crippen LogP contribution in [0.25, 0.3) is 0 Å². The molecule has 90 valence electrons. The second-order valence-electron chi connectivity index (χ2n) is 3.02. The number of nitriles is 1. The number of anilines is 1. The van der Waals surface area contributed by atoms with Crippen molar-refractivity contribution < 1.29 is 4.79 Å². The normalized spacial score (nSPS) is 9.59. The van der Waals surface area contributed by atoms with Crippen LogP contribution in [0.1, 0.15) is 6.42 Å². The van der Waals surface area contributed by atoms with E-state index in [0.717, 1.165) is 17.8 Å². The van der Waals surface area contributed by atoms with Gasteiger partial charge in [-0.2, -0.15) is 5.26 Å². The molecule has 0 saturated carbocycles. The number of H-pyrrole nitrogens is 1. The fourth-order valence-corrected chi connectivity index (χ4v) is 1.68. The van der Waals surface area contributed by atoms with E-state index in [2.05, 4.69) is 15.3 Å². The van der Waals surface area contributed by atoms with Crippen LogP contribution in [-0.4, -0.2) is 28.2 Å². The minimum Gasteiger partial charge on any atom is -0.383 e. The Morgan fingerprint density at radius 3 is 3.12 bits per heavy atom. The second-order valence-corrected chi connectivity index (χ2v) is 3.99. The van der Waals surface area contributed by atoms with E-state index >= 15 is 0 Å². The maximum absolute atomic E-state index is 11.3. The highest BCUT2D eigenvalue weighted by atomic mass is 32.2. The first kappa shape index (κ1) is 13.1. The third-order valence-corrected chi connectivity index (χ3v) is 2.51. The summed E-state index contributed by atoms with van der Waals surface area (Å²) in [6, 6.07) is 3.08. The second kappa shape index (κ2) is 6.55. The van der Waals surface area contributed by atoms with Gasteiger partial charge in [-0.1, -0.05) is 11.8 Å². The Morgan fingerprint density at radius 1 is 1.71 bits per heavy atom. The van der Waals surface area contributed by atoms with Crippen molar-refractivity contribution in [3.8, 4) is 6.07 Å². The highest BCUT2D eigenvalue weighted by molar-refractivity contribution is 7.99. The first-order chi connectivity index (χ1) is 8.11. The molecule has 0 bridgehead atoms. The topological polar surface area (TPSA) is 125 Å². The number of aromatic amines is 1. The van der Waals surface area contributed by atoms with Crippen LogP contribution in [0.4, 0.5) is 5.82 Å². The largest absolute Gasteiger partial charge is 0.383 e. The zero-order valence-electron chi connectivity index (χ0n) is 8.90. The van der Waals surface area contributed by atoms with E-state index in [1.54, 1.807) is 0 Å². The number of aromatic nitrogens is 2.